The Morgan fingerprint density at radius 1 is 1.03 bits per heavy atom. The van der Waals surface area contributed by atoms with Crippen molar-refractivity contribution in [2.75, 3.05) is 47.0 Å². The van der Waals surface area contributed by atoms with E-state index in [2.05, 4.69) is 19.1 Å². The molecule has 0 bridgehead atoms. The van der Waals surface area contributed by atoms with Gasteiger partial charge in [-0.1, -0.05) is 13.0 Å². The van der Waals surface area contributed by atoms with Crippen molar-refractivity contribution >= 4 is 12.0 Å². The van der Waals surface area contributed by atoms with Crippen molar-refractivity contribution in [3.05, 3.63) is 59.7 Å². The molecule has 1 heterocycles. The van der Waals surface area contributed by atoms with Crippen molar-refractivity contribution < 1.29 is 23.9 Å². The van der Waals surface area contributed by atoms with E-state index >= 15 is 0 Å². The zero-order valence-electron chi connectivity index (χ0n) is 18.7. The Hall–Kier alpha value is -2.99. The molecule has 1 N–H and O–H groups in total. The maximum absolute atomic E-state index is 12.6. The van der Waals surface area contributed by atoms with Crippen LogP contribution in [0.25, 0.3) is 6.08 Å². The fourth-order valence-corrected chi connectivity index (χ4v) is 3.64. The smallest absolute Gasteiger partial charge is 0.246 e. The predicted octanol–water partition coefficient (Wildman–Crippen LogP) is 2.43. The largest absolute Gasteiger partial charge is 0.497 e. The summed E-state index contributed by atoms with van der Waals surface area (Å²) in [4.78, 5) is 16.0. The zero-order chi connectivity index (χ0) is 22.1. The molecule has 0 spiro atoms. The molecular weight excluding hydrogens is 392 g/mol. The molecule has 2 aromatic carbocycles. The van der Waals surface area contributed by atoms with Crippen LogP contribution in [0, 0.1) is 0 Å². The van der Waals surface area contributed by atoms with Crippen LogP contribution in [0.4, 0.5) is 0 Å². The van der Waals surface area contributed by atoms with Crippen LogP contribution in [0.3, 0.4) is 0 Å². The van der Waals surface area contributed by atoms with Gasteiger partial charge in [0.15, 0.2) is 11.5 Å². The van der Waals surface area contributed by atoms with E-state index < -0.39 is 0 Å². The normalized spacial score (nSPS) is 14.6. The first-order valence-electron chi connectivity index (χ1n) is 10.9. The Morgan fingerprint density at radius 3 is 2.42 bits per heavy atom. The summed E-state index contributed by atoms with van der Waals surface area (Å²) in [6.45, 7) is 7.11. The molecule has 0 aliphatic carbocycles. The molecule has 166 valence electrons. The molecule has 0 radical (unpaired) electrons. The van der Waals surface area contributed by atoms with E-state index in [9.17, 15) is 4.79 Å². The molecule has 1 fully saturated rings. The van der Waals surface area contributed by atoms with Crippen molar-refractivity contribution in [3.8, 4) is 17.2 Å². The van der Waals surface area contributed by atoms with E-state index in [4.69, 9.17) is 14.2 Å². The summed E-state index contributed by atoms with van der Waals surface area (Å²) in [5.41, 5.74) is 2.20. The molecule has 1 aliphatic rings. The molecule has 0 saturated carbocycles. The van der Waals surface area contributed by atoms with Crippen molar-refractivity contribution in [1.29, 1.82) is 0 Å². The van der Waals surface area contributed by atoms with E-state index in [0.29, 0.717) is 12.4 Å². The van der Waals surface area contributed by atoms with Crippen LogP contribution in [-0.2, 0) is 11.3 Å². The molecule has 0 unspecified atom stereocenters. The maximum Gasteiger partial charge on any atom is 0.246 e. The van der Waals surface area contributed by atoms with Crippen molar-refractivity contribution in [2.45, 2.75) is 19.9 Å². The standard InChI is InChI=1S/C25H32N2O4/c1-4-17-31-23-11-7-20(18-24(23)30-3)8-12-25(28)27-15-13-26(14-16-27)19-21-5-9-22(29-2)10-6-21/h5-12,18H,4,13-17,19H2,1-3H3/p+1/b12-8+. The molecule has 6 heteroatoms. The molecule has 6 nitrogen and oxygen atoms in total. The van der Waals surface area contributed by atoms with E-state index in [-0.39, 0.29) is 5.91 Å². The number of rotatable bonds is 9. The van der Waals surface area contributed by atoms with Gasteiger partial charge in [0.25, 0.3) is 0 Å². The Labute approximate surface area is 185 Å². The molecule has 2 aromatic rings. The van der Waals surface area contributed by atoms with Gasteiger partial charge in [0.2, 0.25) is 5.91 Å². The molecule has 0 atom stereocenters. The molecule has 1 amide bonds. The number of carbonyl (C=O) groups is 1. The predicted molar refractivity (Wildman–Crippen MR) is 122 cm³/mol. The van der Waals surface area contributed by atoms with Gasteiger partial charge >= 0.3 is 0 Å². The minimum absolute atomic E-state index is 0.0498. The van der Waals surface area contributed by atoms with E-state index in [1.807, 2.05) is 41.3 Å². The van der Waals surface area contributed by atoms with Gasteiger partial charge in [-0.2, -0.15) is 0 Å². The second-order valence-corrected chi connectivity index (χ2v) is 7.69. The number of piperazine rings is 1. The minimum Gasteiger partial charge on any atom is -0.497 e. The number of quaternary nitrogens is 1. The van der Waals surface area contributed by atoms with E-state index in [0.717, 1.165) is 56.2 Å². The lowest BCUT2D eigenvalue weighted by Gasteiger charge is -2.31. The quantitative estimate of drug-likeness (QED) is 0.627. The van der Waals surface area contributed by atoms with Crippen molar-refractivity contribution in [1.82, 2.24) is 4.90 Å². The maximum atomic E-state index is 12.6. The number of methoxy groups -OCH3 is 2. The molecule has 1 aliphatic heterocycles. The van der Waals surface area contributed by atoms with Crippen LogP contribution in [0.5, 0.6) is 17.2 Å². The molecule has 0 aromatic heterocycles. The van der Waals surface area contributed by atoms with Crippen LogP contribution in [0.1, 0.15) is 24.5 Å². The number of ether oxygens (including phenoxy) is 3. The minimum atomic E-state index is 0.0498. The fraction of sp³-hybridized carbons (Fsp3) is 0.400. The average Bonchev–Trinajstić information content (AvgIpc) is 2.82. The number of benzene rings is 2. The first kappa shape index (κ1) is 22.7. The van der Waals surface area contributed by atoms with Crippen LogP contribution in [-0.4, -0.2) is 57.8 Å². The highest BCUT2D eigenvalue weighted by atomic mass is 16.5. The van der Waals surface area contributed by atoms with Gasteiger partial charge in [-0.05, 0) is 54.5 Å². The molecule has 3 rings (SSSR count). The SMILES string of the molecule is CCCOc1ccc(/C=C/C(=O)N2CC[NH+](Cc3ccc(OC)cc3)CC2)cc1OC. The summed E-state index contributed by atoms with van der Waals surface area (Å²) < 4.78 is 16.3. The summed E-state index contributed by atoms with van der Waals surface area (Å²) >= 11 is 0. The first-order chi connectivity index (χ1) is 15.1. The zero-order valence-corrected chi connectivity index (χ0v) is 18.7. The Morgan fingerprint density at radius 2 is 1.77 bits per heavy atom. The van der Waals surface area contributed by atoms with Gasteiger partial charge in [0.1, 0.15) is 12.3 Å². The Kier molecular flexibility index (Phi) is 8.35. The summed E-state index contributed by atoms with van der Waals surface area (Å²) in [7, 11) is 3.30. The number of hydrogen-bond donors (Lipinski definition) is 1. The number of amides is 1. The second-order valence-electron chi connectivity index (χ2n) is 7.69. The number of nitrogens with zero attached hydrogens (tertiary/aromatic N) is 1. The highest BCUT2D eigenvalue weighted by Gasteiger charge is 2.22. The third-order valence-electron chi connectivity index (χ3n) is 5.46. The lowest BCUT2D eigenvalue weighted by Crippen LogP contribution is -3.13. The lowest BCUT2D eigenvalue weighted by atomic mass is 10.1. The van der Waals surface area contributed by atoms with E-state index in [1.165, 1.54) is 10.5 Å². The summed E-state index contributed by atoms with van der Waals surface area (Å²) in [6, 6.07) is 13.9. The van der Waals surface area contributed by atoms with Crippen LogP contribution >= 0.6 is 0 Å². The summed E-state index contributed by atoms with van der Waals surface area (Å²) in [6.07, 6.45) is 4.43. The lowest BCUT2D eigenvalue weighted by molar-refractivity contribution is -0.917. The fourth-order valence-electron chi connectivity index (χ4n) is 3.64. The average molecular weight is 426 g/mol. The summed E-state index contributed by atoms with van der Waals surface area (Å²) in [5.74, 6) is 2.33. The van der Waals surface area contributed by atoms with Gasteiger partial charge in [0.05, 0.1) is 47.0 Å². The Bertz CT molecular complexity index is 872. The van der Waals surface area contributed by atoms with Gasteiger partial charge in [-0.25, -0.2) is 0 Å². The van der Waals surface area contributed by atoms with Gasteiger partial charge in [0, 0.05) is 11.6 Å². The first-order valence-corrected chi connectivity index (χ1v) is 10.9. The topological polar surface area (TPSA) is 52.4 Å². The Balaban J connectivity index is 1.50. The van der Waals surface area contributed by atoms with Gasteiger partial charge in [-0.15, -0.1) is 0 Å². The van der Waals surface area contributed by atoms with E-state index in [1.54, 1.807) is 20.3 Å². The van der Waals surface area contributed by atoms with Crippen LogP contribution in [0.2, 0.25) is 0 Å². The number of carbonyl (C=O) groups excluding carboxylic acids is 1. The molecule has 31 heavy (non-hydrogen) atoms. The van der Waals surface area contributed by atoms with Crippen molar-refractivity contribution in [2.24, 2.45) is 0 Å². The third kappa shape index (κ3) is 6.49. The monoisotopic (exact) mass is 425 g/mol. The van der Waals surface area contributed by atoms with Crippen LogP contribution < -0.4 is 19.1 Å². The van der Waals surface area contributed by atoms with Crippen molar-refractivity contribution in [3.63, 3.8) is 0 Å². The van der Waals surface area contributed by atoms with Gasteiger partial charge in [-0.3, -0.25) is 4.79 Å². The van der Waals surface area contributed by atoms with Crippen LogP contribution in [0.15, 0.2) is 48.5 Å². The number of nitrogens with one attached hydrogen (secondary N) is 1. The van der Waals surface area contributed by atoms with Gasteiger partial charge < -0.3 is 24.0 Å². The molecule has 1 saturated heterocycles. The highest BCUT2D eigenvalue weighted by Crippen LogP contribution is 2.28. The summed E-state index contributed by atoms with van der Waals surface area (Å²) in [5, 5.41) is 0. The second kappa shape index (κ2) is 11.4. The highest BCUT2D eigenvalue weighted by molar-refractivity contribution is 5.91. The third-order valence-corrected chi connectivity index (χ3v) is 5.46. The molecular formula is C25H33N2O4+. The number of hydrogen-bond acceptors (Lipinski definition) is 4.